The number of thiophene rings is 1. The number of hydrogen-bond acceptors (Lipinski definition) is 6. The van der Waals surface area contributed by atoms with Crippen molar-refractivity contribution in [3.63, 3.8) is 0 Å². The van der Waals surface area contributed by atoms with E-state index in [1.807, 2.05) is 37.4 Å². The predicted octanol–water partition coefficient (Wildman–Crippen LogP) is 4.78. The average molecular weight is 377 g/mol. The molecule has 2 aromatic heterocycles. The Labute approximate surface area is 161 Å². The molecule has 2 aliphatic heterocycles. The van der Waals surface area contributed by atoms with Crippen LogP contribution >= 0.6 is 11.3 Å². The number of hydrogen-bond donors (Lipinski definition) is 0. The summed E-state index contributed by atoms with van der Waals surface area (Å²) in [6.45, 7) is 2.59. The number of para-hydroxylation sites is 1. The fourth-order valence-electron chi connectivity index (χ4n) is 3.69. The fourth-order valence-corrected chi connectivity index (χ4v) is 4.41. The predicted molar refractivity (Wildman–Crippen MR) is 105 cm³/mol. The van der Waals surface area contributed by atoms with Crippen LogP contribution in [-0.4, -0.2) is 22.3 Å². The third kappa shape index (κ3) is 2.77. The number of aromatic nitrogens is 1. The molecular formula is C21H19N3O2S. The normalized spacial score (nSPS) is 20.5. The maximum atomic E-state index is 6.44. The van der Waals surface area contributed by atoms with Crippen LogP contribution in [0.2, 0.25) is 0 Å². The van der Waals surface area contributed by atoms with Crippen LogP contribution in [0.4, 0.5) is 0 Å². The smallest absolute Gasteiger partial charge is 0.215 e. The molecule has 2 atom stereocenters. The molecule has 0 N–H and O–H groups in total. The summed E-state index contributed by atoms with van der Waals surface area (Å²) in [6, 6.07) is 14.4. The van der Waals surface area contributed by atoms with E-state index >= 15 is 0 Å². The largest absolute Gasteiger partial charge is 0.490 e. The summed E-state index contributed by atoms with van der Waals surface area (Å²) >= 11 is 1.72. The van der Waals surface area contributed by atoms with E-state index in [0.717, 1.165) is 34.8 Å². The van der Waals surface area contributed by atoms with Gasteiger partial charge in [-0.1, -0.05) is 24.3 Å². The highest BCUT2D eigenvalue weighted by atomic mass is 32.1. The Morgan fingerprint density at radius 2 is 2.19 bits per heavy atom. The van der Waals surface area contributed by atoms with E-state index in [2.05, 4.69) is 33.6 Å². The lowest BCUT2D eigenvalue weighted by molar-refractivity contribution is -0.0214. The van der Waals surface area contributed by atoms with Gasteiger partial charge in [-0.3, -0.25) is 4.98 Å². The monoisotopic (exact) mass is 377 g/mol. The first-order valence-electron chi connectivity index (χ1n) is 9.07. The van der Waals surface area contributed by atoms with E-state index in [4.69, 9.17) is 14.6 Å². The number of rotatable bonds is 4. The lowest BCUT2D eigenvalue weighted by Crippen LogP contribution is -2.34. The van der Waals surface area contributed by atoms with Crippen LogP contribution in [0.15, 0.2) is 65.3 Å². The van der Waals surface area contributed by atoms with Gasteiger partial charge in [0.05, 0.1) is 23.2 Å². The van der Waals surface area contributed by atoms with Gasteiger partial charge in [0.25, 0.3) is 0 Å². The first kappa shape index (κ1) is 16.3. The summed E-state index contributed by atoms with van der Waals surface area (Å²) in [5.41, 5.74) is 3.20. The molecule has 5 rings (SSSR count). The van der Waals surface area contributed by atoms with Crippen LogP contribution in [0.5, 0.6) is 11.5 Å². The van der Waals surface area contributed by atoms with Crippen LogP contribution in [-0.2, 0) is 0 Å². The molecule has 0 spiro atoms. The average Bonchev–Trinajstić information content (AvgIpc) is 3.38. The second kappa shape index (κ2) is 6.70. The molecular weight excluding hydrogens is 358 g/mol. The molecule has 0 bridgehead atoms. The molecule has 136 valence electrons. The van der Waals surface area contributed by atoms with Gasteiger partial charge in [-0.2, -0.15) is 5.10 Å². The SMILES string of the molecule is CCOc1cccc2c1O[C@H](c1cccnc1)N1N=C(c3cccs3)C[C@@H]21. The molecule has 3 aromatic rings. The molecule has 0 radical (unpaired) electrons. The van der Waals surface area contributed by atoms with Crippen LogP contribution in [0, 0.1) is 0 Å². The molecule has 0 fully saturated rings. The summed E-state index contributed by atoms with van der Waals surface area (Å²) in [4.78, 5) is 5.48. The maximum Gasteiger partial charge on any atom is 0.215 e. The van der Waals surface area contributed by atoms with Crippen molar-refractivity contribution in [3.05, 3.63) is 76.2 Å². The second-order valence-corrected chi connectivity index (χ2v) is 7.44. The number of hydrazone groups is 1. The number of pyridine rings is 1. The first-order valence-corrected chi connectivity index (χ1v) is 9.95. The Morgan fingerprint density at radius 1 is 1.22 bits per heavy atom. The maximum absolute atomic E-state index is 6.44. The van der Waals surface area contributed by atoms with Gasteiger partial charge in [-0.25, -0.2) is 5.01 Å². The lowest BCUT2D eigenvalue weighted by Gasteiger charge is -2.38. The lowest BCUT2D eigenvalue weighted by atomic mass is 9.97. The van der Waals surface area contributed by atoms with Crippen LogP contribution in [0.3, 0.4) is 0 Å². The van der Waals surface area contributed by atoms with Gasteiger partial charge in [-0.05, 0) is 30.5 Å². The highest BCUT2D eigenvalue weighted by molar-refractivity contribution is 7.12. The highest BCUT2D eigenvalue weighted by Crippen LogP contribution is 2.50. The Hall–Kier alpha value is -2.86. The molecule has 0 aliphatic carbocycles. The van der Waals surface area contributed by atoms with Crippen molar-refractivity contribution in [2.75, 3.05) is 6.61 Å². The van der Waals surface area contributed by atoms with E-state index in [1.54, 1.807) is 17.5 Å². The minimum absolute atomic E-state index is 0.122. The van der Waals surface area contributed by atoms with Crippen LogP contribution in [0.25, 0.3) is 0 Å². The minimum Gasteiger partial charge on any atom is -0.490 e. The molecule has 0 saturated carbocycles. The van der Waals surface area contributed by atoms with Gasteiger partial charge in [0.15, 0.2) is 11.5 Å². The summed E-state index contributed by atoms with van der Waals surface area (Å²) in [7, 11) is 0. The van der Waals surface area contributed by atoms with Gasteiger partial charge < -0.3 is 9.47 Å². The molecule has 6 heteroatoms. The standard InChI is InChI=1S/C21H19N3O2S/c1-2-25-18-8-3-7-15-17-12-16(19-9-5-11-27-19)23-24(17)21(26-20(15)18)14-6-4-10-22-13-14/h3-11,13,17,21H,2,12H2,1H3/t17-,21+/m0/s1. The second-order valence-electron chi connectivity index (χ2n) is 6.49. The Balaban J connectivity index is 1.62. The van der Waals surface area contributed by atoms with E-state index in [-0.39, 0.29) is 12.3 Å². The molecule has 2 aliphatic rings. The Bertz CT molecular complexity index is 972. The third-order valence-electron chi connectivity index (χ3n) is 4.86. The first-order chi connectivity index (χ1) is 13.3. The summed E-state index contributed by atoms with van der Waals surface area (Å²) < 4.78 is 12.3. The minimum atomic E-state index is -0.324. The zero-order chi connectivity index (χ0) is 18.2. The summed E-state index contributed by atoms with van der Waals surface area (Å²) in [6.07, 6.45) is 4.14. The van der Waals surface area contributed by atoms with E-state index in [1.165, 1.54) is 4.88 Å². The molecule has 4 heterocycles. The highest BCUT2D eigenvalue weighted by Gasteiger charge is 2.42. The topological polar surface area (TPSA) is 47.0 Å². The molecule has 0 saturated heterocycles. The zero-order valence-electron chi connectivity index (χ0n) is 14.9. The molecule has 5 nitrogen and oxygen atoms in total. The van der Waals surface area contributed by atoms with E-state index in [9.17, 15) is 0 Å². The third-order valence-corrected chi connectivity index (χ3v) is 5.77. The van der Waals surface area contributed by atoms with Crippen molar-refractivity contribution in [3.8, 4) is 11.5 Å². The summed E-state index contributed by atoms with van der Waals surface area (Å²) in [5.74, 6) is 1.60. The fraction of sp³-hybridized carbons (Fsp3) is 0.238. The van der Waals surface area contributed by atoms with E-state index < -0.39 is 0 Å². The van der Waals surface area contributed by atoms with Gasteiger partial charge in [0, 0.05) is 29.9 Å². The van der Waals surface area contributed by atoms with Crippen molar-refractivity contribution in [1.29, 1.82) is 0 Å². The number of ether oxygens (including phenoxy) is 2. The van der Waals surface area contributed by atoms with Crippen molar-refractivity contribution >= 4 is 17.0 Å². The van der Waals surface area contributed by atoms with Gasteiger partial charge in [0.2, 0.25) is 6.23 Å². The number of benzene rings is 1. The number of fused-ring (bicyclic) bond motifs is 3. The van der Waals surface area contributed by atoms with Crippen molar-refractivity contribution < 1.29 is 9.47 Å². The van der Waals surface area contributed by atoms with Crippen molar-refractivity contribution in [2.24, 2.45) is 5.10 Å². The van der Waals surface area contributed by atoms with Crippen LogP contribution < -0.4 is 9.47 Å². The molecule has 0 unspecified atom stereocenters. The van der Waals surface area contributed by atoms with Crippen molar-refractivity contribution in [2.45, 2.75) is 25.6 Å². The van der Waals surface area contributed by atoms with Gasteiger partial charge in [0.1, 0.15) is 0 Å². The molecule has 27 heavy (non-hydrogen) atoms. The Morgan fingerprint density at radius 3 is 2.96 bits per heavy atom. The number of nitrogens with zero attached hydrogens (tertiary/aromatic N) is 3. The van der Waals surface area contributed by atoms with Crippen LogP contribution in [0.1, 0.15) is 41.6 Å². The zero-order valence-corrected chi connectivity index (χ0v) is 15.7. The van der Waals surface area contributed by atoms with Crippen molar-refractivity contribution in [1.82, 2.24) is 9.99 Å². The van der Waals surface area contributed by atoms with E-state index in [0.29, 0.717) is 6.61 Å². The molecule has 0 amide bonds. The summed E-state index contributed by atoms with van der Waals surface area (Å²) in [5, 5.41) is 9.11. The van der Waals surface area contributed by atoms with Gasteiger partial charge >= 0.3 is 0 Å². The molecule has 1 aromatic carbocycles. The van der Waals surface area contributed by atoms with Gasteiger partial charge in [-0.15, -0.1) is 11.3 Å². The quantitative estimate of drug-likeness (QED) is 0.656. The Kier molecular flexibility index (Phi) is 4.05.